The van der Waals surface area contributed by atoms with Crippen molar-refractivity contribution < 1.29 is 23.3 Å². The Hall–Kier alpha value is 1.20. The van der Waals surface area contributed by atoms with Crippen LogP contribution in [0.4, 0.5) is 0 Å². The van der Waals surface area contributed by atoms with Crippen LogP contribution in [0.1, 0.15) is 26.3 Å². The summed E-state index contributed by atoms with van der Waals surface area (Å²) in [4.78, 5) is 0. The summed E-state index contributed by atoms with van der Waals surface area (Å²) in [7, 11) is 0. The average molecular weight is 550 g/mol. The van der Waals surface area contributed by atoms with Crippen molar-refractivity contribution in [1.29, 1.82) is 0 Å². The van der Waals surface area contributed by atoms with E-state index in [1.54, 1.807) is 0 Å². The third-order valence-electron chi connectivity index (χ3n) is 1.84. The molecule has 0 unspecified atom stereocenters. The van der Waals surface area contributed by atoms with Crippen LogP contribution >= 0.6 is 47.4 Å². The minimum absolute atomic E-state index is 0. The van der Waals surface area contributed by atoms with Crippen LogP contribution in [0, 0.1) is 25.3 Å². The molecule has 0 aliphatic heterocycles. The first kappa shape index (κ1) is 34.5. The molecule has 2 aromatic rings. The fourth-order valence-electron chi connectivity index (χ4n) is 1.35. The molecule has 1 N–H and O–H groups in total. The molecule has 2 aromatic carbocycles. The van der Waals surface area contributed by atoms with Gasteiger partial charge in [0.2, 0.25) is 0 Å². The molecule has 0 fully saturated rings. The third kappa shape index (κ3) is 16.1. The molecule has 0 spiro atoms. The van der Waals surface area contributed by atoms with Gasteiger partial charge in [0.05, 0.1) is 0 Å². The van der Waals surface area contributed by atoms with Gasteiger partial charge >= 0.3 is 30.2 Å². The van der Waals surface area contributed by atoms with E-state index in [9.17, 15) is 0 Å². The molecule has 0 heterocycles. The number of hydrogen-bond donors (Lipinski definition) is 0. The van der Waals surface area contributed by atoms with Crippen molar-refractivity contribution >= 4 is 65.1 Å². The standard InChI is InChI=1S/C10H8I.C4H10N.2CH3.2ClH.Si.Zr/c1-7-5-8-3-2-4-10(11)9(8)6-7;1-4(2,3)5;;;;;;/h2-6H,1H3;5H,1-3H3;2*1H3;2*1H;;/q4*-1;;;;. The molecule has 22 heavy (non-hydrogen) atoms. The van der Waals surface area contributed by atoms with Crippen molar-refractivity contribution in [2.75, 3.05) is 0 Å². The molecular formula is C16H26Cl2INSiZr-4. The zero-order valence-electron chi connectivity index (χ0n) is 14.1. The Labute approximate surface area is 180 Å². The molecule has 0 aliphatic carbocycles. The summed E-state index contributed by atoms with van der Waals surface area (Å²) in [6.45, 7) is 10.8. The normalized spacial score (nSPS) is 8.23. The summed E-state index contributed by atoms with van der Waals surface area (Å²) in [6.07, 6.45) is 0. The average Bonchev–Trinajstić information content (AvgIpc) is 2.61. The second-order valence-corrected chi connectivity index (χ2v) is 6.19. The van der Waals surface area contributed by atoms with Crippen LogP contribution in [0.5, 0.6) is 0 Å². The Kier molecular flexibility index (Phi) is 26.7. The molecular weight excluding hydrogens is 523 g/mol. The second kappa shape index (κ2) is 17.0. The summed E-state index contributed by atoms with van der Waals surface area (Å²) in [6, 6.07) is 10.9. The van der Waals surface area contributed by atoms with Crippen molar-refractivity contribution in [3.05, 3.63) is 60.1 Å². The van der Waals surface area contributed by atoms with E-state index in [1.165, 1.54) is 43.2 Å². The molecule has 2 rings (SSSR count). The zero-order chi connectivity index (χ0) is 14.3. The Morgan fingerprint density at radius 2 is 1.55 bits per heavy atom. The molecule has 128 valence electrons. The topological polar surface area (TPSA) is 23.8 Å². The Morgan fingerprint density at radius 1 is 1.14 bits per heavy atom. The summed E-state index contributed by atoms with van der Waals surface area (Å²) in [5.74, 6) is 0. The van der Waals surface area contributed by atoms with Crippen LogP contribution in [-0.2, 0) is 23.3 Å². The minimum atomic E-state index is -0.250. The van der Waals surface area contributed by atoms with Gasteiger partial charge in [-0.2, -0.15) is 6.07 Å². The van der Waals surface area contributed by atoms with E-state index in [0.29, 0.717) is 0 Å². The Balaban J connectivity index is -0.0000000780. The zero-order valence-corrected chi connectivity index (χ0v) is 21.3. The van der Waals surface area contributed by atoms with E-state index < -0.39 is 0 Å². The molecule has 0 amide bonds. The van der Waals surface area contributed by atoms with Gasteiger partial charge in [0.15, 0.2) is 0 Å². The van der Waals surface area contributed by atoms with E-state index in [0.717, 1.165) is 0 Å². The number of fused-ring (bicyclic) bond motifs is 1. The maximum atomic E-state index is 6.94. The number of halogens is 3. The predicted octanol–water partition coefficient (Wildman–Crippen LogP) is 6.67. The van der Waals surface area contributed by atoms with Gasteiger partial charge < -0.3 is 20.6 Å². The molecule has 0 aromatic heterocycles. The van der Waals surface area contributed by atoms with E-state index in [-0.39, 0.29) is 45.2 Å². The van der Waals surface area contributed by atoms with Crippen molar-refractivity contribution in [2.45, 2.75) is 33.2 Å². The summed E-state index contributed by atoms with van der Waals surface area (Å²) in [5.41, 5.74) is 8.04. The van der Waals surface area contributed by atoms with Gasteiger partial charge in [-0.25, -0.2) is 0 Å². The van der Waals surface area contributed by atoms with Gasteiger partial charge in [-0.05, 0) is 3.57 Å². The van der Waals surface area contributed by atoms with Crippen molar-refractivity contribution in [2.24, 2.45) is 0 Å². The fraction of sp³-hybridized carbons (Fsp3) is 0.312. The number of aryl methyl sites for hydroxylation is 1. The van der Waals surface area contributed by atoms with E-state index in [4.69, 9.17) is 5.73 Å². The Bertz CT molecular complexity index is 492. The first-order chi connectivity index (χ1) is 8.27. The van der Waals surface area contributed by atoms with Gasteiger partial charge in [-0.3, -0.25) is 0 Å². The number of hydrogen-bond acceptors (Lipinski definition) is 0. The van der Waals surface area contributed by atoms with E-state index in [1.807, 2.05) is 20.8 Å². The first-order valence-corrected chi connectivity index (χ1v) is 10.9. The van der Waals surface area contributed by atoms with Crippen LogP contribution in [0.2, 0.25) is 0 Å². The first-order valence-electron chi connectivity index (χ1n) is 5.59. The number of rotatable bonds is 0. The summed E-state index contributed by atoms with van der Waals surface area (Å²) in [5, 5.41) is 2.74. The van der Waals surface area contributed by atoms with Crippen LogP contribution in [0.25, 0.3) is 16.5 Å². The van der Waals surface area contributed by atoms with Crippen LogP contribution < -0.4 is 0 Å². The van der Waals surface area contributed by atoms with E-state index >= 15 is 0 Å². The van der Waals surface area contributed by atoms with Gasteiger partial charge in [-0.1, -0.05) is 56.4 Å². The number of benzene rings is 1. The molecule has 0 aliphatic rings. The van der Waals surface area contributed by atoms with Crippen LogP contribution in [0.15, 0.2) is 30.3 Å². The van der Waals surface area contributed by atoms with E-state index in [2.05, 4.69) is 66.7 Å². The quantitative estimate of drug-likeness (QED) is 0.199. The van der Waals surface area contributed by atoms with Crippen molar-refractivity contribution in [3.63, 3.8) is 0 Å². The summed E-state index contributed by atoms with van der Waals surface area (Å²) < 4.78 is 1.34. The van der Waals surface area contributed by atoms with Gasteiger partial charge in [0.1, 0.15) is 0 Å². The second-order valence-electron chi connectivity index (χ2n) is 5.03. The predicted molar refractivity (Wildman–Crippen MR) is 114 cm³/mol. The molecule has 0 saturated carbocycles. The Morgan fingerprint density at radius 3 is 1.91 bits per heavy atom. The van der Waals surface area contributed by atoms with Crippen molar-refractivity contribution in [3.8, 4) is 0 Å². The SMILES string of the molecule is CC(C)(C)[NH-].Cc1cc2c(I)cccc2[cH-]1.Cl.Cl.[CH3-].[CH3-].[Si]=[Zr]. The third-order valence-corrected chi connectivity index (χ3v) is 2.78. The molecule has 1 nitrogen and oxygen atoms in total. The van der Waals surface area contributed by atoms with Crippen LogP contribution in [-0.4, -0.2) is 12.4 Å². The molecule has 2 radical (unpaired) electrons. The molecule has 0 atom stereocenters. The van der Waals surface area contributed by atoms with Crippen LogP contribution in [0.3, 0.4) is 0 Å². The van der Waals surface area contributed by atoms with Crippen molar-refractivity contribution in [1.82, 2.24) is 0 Å². The molecule has 6 heteroatoms. The van der Waals surface area contributed by atoms with Gasteiger partial charge in [-0.15, -0.1) is 64.9 Å². The van der Waals surface area contributed by atoms with Gasteiger partial charge in [0.25, 0.3) is 0 Å². The monoisotopic (exact) mass is 547 g/mol. The molecule has 0 bridgehead atoms. The fourth-order valence-corrected chi connectivity index (χ4v) is 2.02. The van der Waals surface area contributed by atoms with Gasteiger partial charge in [0, 0.05) is 0 Å². The maximum absolute atomic E-state index is 6.94. The number of nitrogens with one attached hydrogen (secondary N) is 1. The summed E-state index contributed by atoms with van der Waals surface area (Å²) >= 11 is 3.73. The molecule has 0 saturated heterocycles.